The number of carbonyl (C=O) groups is 1. The van der Waals surface area contributed by atoms with Crippen LogP contribution in [0.15, 0.2) is 40.7 Å². The van der Waals surface area contributed by atoms with Gasteiger partial charge in [-0.25, -0.2) is 4.98 Å². The van der Waals surface area contributed by atoms with Gasteiger partial charge < -0.3 is 9.64 Å². The van der Waals surface area contributed by atoms with Crippen LogP contribution < -0.4 is 4.74 Å². The van der Waals surface area contributed by atoms with E-state index < -0.39 is 0 Å². The summed E-state index contributed by atoms with van der Waals surface area (Å²) in [6, 6.07) is 8.27. The molecule has 146 valence electrons. The van der Waals surface area contributed by atoms with Gasteiger partial charge in [0.2, 0.25) is 5.88 Å². The summed E-state index contributed by atoms with van der Waals surface area (Å²) in [4.78, 5) is 22.3. The first-order valence-corrected chi connectivity index (χ1v) is 9.82. The van der Waals surface area contributed by atoms with E-state index >= 15 is 0 Å². The fourth-order valence-corrected chi connectivity index (χ4v) is 3.96. The van der Waals surface area contributed by atoms with Crippen LogP contribution in [0, 0.1) is 28.6 Å². The van der Waals surface area contributed by atoms with E-state index in [1.54, 1.807) is 12.4 Å². The van der Waals surface area contributed by atoms with Crippen molar-refractivity contribution in [2.24, 2.45) is 10.9 Å². The molecule has 1 fully saturated rings. The summed E-state index contributed by atoms with van der Waals surface area (Å²) in [7, 11) is 0. The molecule has 1 aliphatic carbocycles. The van der Waals surface area contributed by atoms with Crippen molar-refractivity contribution in [1.82, 2.24) is 9.88 Å². The number of allylic oxidation sites excluding steroid dienone is 3. The average molecular weight is 387 g/mol. The van der Waals surface area contributed by atoms with E-state index in [-0.39, 0.29) is 29.9 Å². The second-order valence-electron chi connectivity index (χ2n) is 7.45. The Kier molecular flexibility index (Phi) is 5.39. The minimum absolute atomic E-state index is 0.0435. The highest BCUT2D eigenvalue weighted by Gasteiger charge is 2.30. The predicted molar refractivity (Wildman–Crippen MR) is 107 cm³/mol. The summed E-state index contributed by atoms with van der Waals surface area (Å²) < 4.78 is 6.10. The molecule has 0 bridgehead atoms. The van der Waals surface area contributed by atoms with Crippen molar-refractivity contribution in [1.29, 1.82) is 10.5 Å². The molecule has 1 saturated heterocycles. The van der Waals surface area contributed by atoms with Gasteiger partial charge in [-0.1, -0.05) is 6.08 Å². The number of nitrogens with zero attached hydrogens (tertiary/aromatic N) is 5. The van der Waals surface area contributed by atoms with Crippen molar-refractivity contribution >= 4 is 17.6 Å². The summed E-state index contributed by atoms with van der Waals surface area (Å²) in [6.07, 6.45) is 8.78. The number of carbonyl (C=O) groups excluding carboxylic acids is 1. The number of pyridine rings is 1. The highest BCUT2D eigenvalue weighted by atomic mass is 16.5. The summed E-state index contributed by atoms with van der Waals surface area (Å²) in [5.41, 5.74) is 3.09. The van der Waals surface area contributed by atoms with Gasteiger partial charge in [0, 0.05) is 31.4 Å². The molecule has 3 heterocycles. The molecule has 0 N–H and O–H groups in total. The van der Waals surface area contributed by atoms with Gasteiger partial charge in [-0.05, 0) is 36.5 Å². The number of hydrogen-bond acceptors (Lipinski definition) is 7. The first kappa shape index (κ1) is 18.9. The SMILES string of the molecule is N#CC1=C(N2CC[C@@H](Oc3cc(C4=CCC(C#N)CC4)ccn3)C2)C=NCC1=O. The normalized spacial score (nSPS) is 24.1. The van der Waals surface area contributed by atoms with Crippen molar-refractivity contribution in [3.8, 4) is 18.0 Å². The molecular weight excluding hydrogens is 366 g/mol. The minimum atomic E-state index is -0.233. The van der Waals surface area contributed by atoms with Gasteiger partial charge in [-0.3, -0.25) is 9.79 Å². The molecule has 7 heteroatoms. The number of ether oxygens (including phenoxy) is 1. The maximum Gasteiger partial charge on any atom is 0.214 e. The van der Waals surface area contributed by atoms with Crippen molar-refractivity contribution in [3.05, 3.63) is 41.2 Å². The molecule has 2 atom stereocenters. The standard InChI is InChI=1S/C22H21N5O2/c23-10-15-1-3-16(4-2-15)17-5-7-26-22(9-17)29-18-6-8-27(14-18)20-12-25-13-21(28)19(20)11-24/h3,5,7,9,12,15,18H,1-2,4,6,8,13-14H2/t15?,18-/m1/s1. The lowest BCUT2D eigenvalue weighted by Crippen LogP contribution is -2.29. The topological polar surface area (TPSA) is 102 Å². The third kappa shape index (κ3) is 4.05. The third-order valence-corrected chi connectivity index (χ3v) is 5.57. The Labute approximate surface area is 169 Å². The van der Waals surface area contributed by atoms with Gasteiger partial charge in [-0.15, -0.1) is 0 Å². The lowest BCUT2D eigenvalue weighted by Gasteiger charge is -2.22. The molecule has 0 saturated carbocycles. The first-order valence-electron chi connectivity index (χ1n) is 9.82. The van der Waals surface area contributed by atoms with Crippen molar-refractivity contribution in [2.75, 3.05) is 19.6 Å². The van der Waals surface area contributed by atoms with E-state index in [0.29, 0.717) is 24.7 Å². The second-order valence-corrected chi connectivity index (χ2v) is 7.45. The Hall–Kier alpha value is -3.45. The van der Waals surface area contributed by atoms with Crippen LogP contribution in [0.4, 0.5) is 0 Å². The zero-order valence-electron chi connectivity index (χ0n) is 16.0. The molecule has 3 aliphatic rings. The number of ketones is 1. The molecule has 1 aromatic rings. The Morgan fingerprint density at radius 1 is 1.28 bits per heavy atom. The van der Waals surface area contributed by atoms with E-state index in [4.69, 9.17) is 10.00 Å². The highest BCUT2D eigenvalue weighted by molar-refractivity contribution is 6.08. The maximum absolute atomic E-state index is 11.9. The van der Waals surface area contributed by atoms with Crippen LogP contribution in [-0.4, -0.2) is 47.6 Å². The number of hydrogen-bond donors (Lipinski definition) is 0. The zero-order valence-corrected chi connectivity index (χ0v) is 16.0. The molecule has 7 nitrogen and oxygen atoms in total. The molecule has 0 aromatic carbocycles. The summed E-state index contributed by atoms with van der Waals surface area (Å²) in [5.74, 6) is 0.451. The number of likely N-dealkylation sites (tertiary alicyclic amines) is 1. The Morgan fingerprint density at radius 3 is 2.93 bits per heavy atom. The largest absolute Gasteiger partial charge is 0.472 e. The van der Waals surface area contributed by atoms with Crippen LogP contribution in [0.5, 0.6) is 5.88 Å². The predicted octanol–water partition coefficient (Wildman–Crippen LogP) is 2.67. The van der Waals surface area contributed by atoms with Crippen molar-refractivity contribution in [2.45, 2.75) is 31.8 Å². The minimum Gasteiger partial charge on any atom is -0.472 e. The van der Waals surface area contributed by atoms with Crippen LogP contribution in [0.3, 0.4) is 0 Å². The quantitative estimate of drug-likeness (QED) is 0.787. The summed E-state index contributed by atoms with van der Waals surface area (Å²) >= 11 is 0. The lowest BCUT2D eigenvalue weighted by atomic mass is 9.88. The number of Topliss-reactive ketones (excluding diaryl/α,β-unsaturated/α-hetero) is 1. The first-order chi connectivity index (χ1) is 14.2. The molecule has 29 heavy (non-hydrogen) atoms. The number of aliphatic imine (C=N–C) groups is 1. The smallest absolute Gasteiger partial charge is 0.214 e. The van der Waals surface area contributed by atoms with E-state index in [0.717, 1.165) is 31.2 Å². The number of dihydropyridines is 1. The van der Waals surface area contributed by atoms with Gasteiger partial charge in [0.15, 0.2) is 5.78 Å². The van der Waals surface area contributed by atoms with Crippen LogP contribution in [0.25, 0.3) is 5.57 Å². The Balaban J connectivity index is 1.43. The number of rotatable bonds is 4. The lowest BCUT2D eigenvalue weighted by molar-refractivity contribution is -0.114. The molecule has 0 radical (unpaired) electrons. The van der Waals surface area contributed by atoms with Gasteiger partial charge in [0.05, 0.1) is 24.2 Å². The van der Waals surface area contributed by atoms with Gasteiger partial charge in [0.25, 0.3) is 0 Å². The van der Waals surface area contributed by atoms with Crippen LogP contribution >= 0.6 is 0 Å². The van der Waals surface area contributed by atoms with Crippen molar-refractivity contribution in [3.63, 3.8) is 0 Å². The molecular formula is C22H21N5O2. The van der Waals surface area contributed by atoms with Gasteiger partial charge in [0.1, 0.15) is 24.3 Å². The van der Waals surface area contributed by atoms with E-state index in [2.05, 4.69) is 22.1 Å². The Morgan fingerprint density at radius 2 is 2.17 bits per heavy atom. The molecule has 0 amide bonds. The van der Waals surface area contributed by atoms with Crippen LogP contribution in [0.1, 0.15) is 31.2 Å². The van der Waals surface area contributed by atoms with E-state index in [1.807, 2.05) is 23.1 Å². The fourth-order valence-electron chi connectivity index (χ4n) is 3.96. The van der Waals surface area contributed by atoms with E-state index in [1.165, 1.54) is 5.57 Å². The second kappa shape index (κ2) is 8.28. The van der Waals surface area contributed by atoms with Gasteiger partial charge >= 0.3 is 0 Å². The van der Waals surface area contributed by atoms with E-state index in [9.17, 15) is 10.1 Å². The van der Waals surface area contributed by atoms with Crippen molar-refractivity contribution < 1.29 is 9.53 Å². The number of nitriles is 2. The molecule has 1 aromatic heterocycles. The fraction of sp³-hybridized carbons (Fsp3) is 0.409. The summed E-state index contributed by atoms with van der Waals surface area (Å²) in [5, 5.41) is 18.4. The third-order valence-electron chi connectivity index (χ3n) is 5.57. The van der Waals surface area contributed by atoms with Crippen LogP contribution in [0.2, 0.25) is 0 Å². The molecule has 2 aliphatic heterocycles. The molecule has 0 spiro atoms. The summed E-state index contributed by atoms with van der Waals surface area (Å²) in [6.45, 7) is 1.32. The monoisotopic (exact) mass is 387 g/mol. The van der Waals surface area contributed by atoms with Crippen LogP contribution in [-0.2, 0) is 4.79 Å². The molecule has 1 unspecified atom stereocenters. The Bertz CT molecular complexity index is 995. The van der Waals surface area contributed by atoms with Gasteiger partial charge in [-0.2, -0.15) is 10.5 Å². The zero-order chi connectivity index (χ0) is 20.2. The maximum atomic E-state index is 11.9. The highest BCUT2D eigenvalue weighted by Crippen LogP contribution is 2.31. The average Bonchev–Trinajstić information content (AvgIpc) is 3.22. The molecule has 4 rings (SSSR count). The number of aromatic nitrogens is 1.